The van der Waals surface area contributed by atoms with Crippen LogP contribution in [0.2, 0.25) is 0 Å². The summed E-state index contributed by atoms with van der Waals surface area (Å²) in [7, 11) is 0. The van der Waals surface area contributed by atoms with E-state index in [2.05, 4.69) is 25.4 Å². The van der Waals surface area contributed by atoms with E-state index < -0.39 is 23.5 Å². The molecule has 3 aromatic rings. The van der Waals surface area contributed by atoms with Gasteiger partial charge in [-0.05, 0) is 61.5 Å². The summed E-state index contributed by atoms with van der Waals surface area (Å²) < 4.78 is 60.8. The fraction of sp³-hybridized carbons (Fsp3) is 0.500. The molecule has 0 N–H and O–H groups in total. The monoisotopic (exact) mass is 502 g/mol. The van der Waals surface area contributed by atoms with Gasteiger partial charge >= 0.3 is 6.18 Å². The smallest absolute Gasteiger partial charge is 0.361 e. The maximum absolute atomic E-state index is 13.7. The first-order valence-electron chi connectivity index (χ1n) is 11.8. The second-order valence-electron chi connectivity index (χ2n) is 10.2. The molecule has 4 aliphatic rings. The largest absolute Gasteiger partial charge is 0.416 e. The summed E-state index contributed by atoms with van der Waals surface area (Å²) in [5.41, 5.74) is 1.54. The molecule has 7 rings (SSSR count). The first kappa shape index (κ1) is 21.5. The highest BCUT2D eigenvalue weighted by Gasteiger charge is 2.75. The normalized spacial score (nSPS) is 30.1. The third-order valence-electron chi connectivity index (χ3n) is 8.13. The molecular weight excluding hydrogens is 480 g/mol. The van der Waals surface area contributed by atoms with Gasteiger partial charge in [-0.15, -0.1) is 5.10 Å². The van der Waals surface area contributed by atoms with Crippen molar-refractivity contribution in [1.29, 1.82) is 0 Å². The number of benzene rings is 1. The Morgan fingerprint density at radius 3 is 2.83 bits per heavy atom. The Kier molecular flexibility index (Phi) is 4.36. The summed E-state index contributed by atoms with van der Waals surface area (Å²) in [6.45, 7) is 4.50. The number of halogens is 4. The van der Waals surface area contributed by atoms with Crippen molar-refractivity contribution in [3.05, 3.63) is 52.7 Å². The number of alkyl halides is 3. The summed E-state index contributed by atoms with van der Waals surface area (Å²) in [6.07, 6.45) is -2.36. The molecule has 2 aliphatic carbocycles. The van der Waals surface area contributed by atoms with E-state index in [0.29, 0.717) is 54.5 Å². The Morgan fingerprint density at radius 2 is 2.06 bits per heavy atom. The number of fused-ring (bicyclic) bond motifs is 1. The van der Waals surface area contributed by atoms with Crippen molar-refractivity contribution in [2.45, 2.75) is 44.8 Å². The Morgan fingerprint density at radius 1 is 1.20 bits per heavy atom. The van der Waals surface area contributed by atoms with E-state index in [1.54, 1.807) is 4.68 Å². The zero-order valence-electron chi connectivity index (χ0n) is 18.9. The minimum Gasteiger partial charge on any atom is -0.361 e. The zero-order valence-corrected chi connectivity index (χ0v) is 19.7. The summed E-state index contributed by atoms with van der Waals surface area (Å²) >= 11 is 1.53. The predicted octanol–water partition coefficient (Wildman–Crippen LogP) is 5.36. The SMILES string of the molecule is Cc1cc(N2C[C@H]3C(=Nc4nc5n(n4)CCCC5c4ccc(F)cc4C(F)(F)F)[C@@H]4CC34C2)sn1. The Balaban J connectivity index is 1.19. The minimum absolute atomic E-state index is 0.0441. The molecule has 6 nitrogen and oxygen atoms in total. The van der Waals surface area contributed by atoms with Crippen LogP contribution in [0.5, 0.6) is 0 Å². The summed E-state index contributed by atoms with van der Waals surface area (Å²) in [5.74, 6) is 0.104. The molecule has 0 bridgehead atoms. The van der Waals surface area contributed by atoms with Crippen molar-refractivity contribution in [1.82, 2.24) is 19.1 Å². The van der Waals surface area contributed by atoms with Gasteiger partial charge in [0.05, 0.1) is 11.3 Å². The maximum atomic E-state index is 13.7. The average Bonchev–Trinajstić information content (AvgIpc) is 3.14. The molecular formula is C24H22F4N6S. The number of hydrogen-bond donors (Lipinski definition) is 0. The van der Waals surface area contributed by atoms with Crippen molar-refractivity contribution in [2.75, 3.05) is 18.0 Å². The van der Waals surface area contributed by atoms with Crippen LogP contribution in [0.25, 0.3) is 0 Å². The van der Waals surface area contributed by atoms with Crippen LogP contribution in [0, 0.1) is 30.0 Å². The van der Waals surface area contributed by atoms with Crippen LogP contribution < -0.4 is 4.90 Å². The fourth-order valence-corrected chi connectivity index (χ4v) is 7.21. The molecule has 1 spiro atoms. The van der Waals surface area contributed by atoms with Gasteiger partial charge in [0.25, 0.3) is 5.95 Å². The predicted molar refractivity (Wildman–Crippen MR) is 123 cm³/mol. The third kappa shape index (κ3) is 3.19. The van der Waals surface area contributed by atoms with Gasteiger partial charge in [0.1, 0.15) is 16.6 Å². The van der Waals surface area contributed by atoms with Gasteiger partial charge < -0.3 is 4.90 Å². The van der Waals surface area contributed by atoms with Crippen LogP contribution in [-0.2, 0) is 12.7 Å². The van der Waals surface area contributed by atoms with Crippen molar-refractivity contribution in [3.63, 3.8) is 0 Å². The first-order valence-corrected chi connectivity index (χ1v) is 12.6. The second kappa shape index (κ2) is 7.11. The highest BCUT2D eigenvalue weighted by molar-refractivity contribution is 7.10. The van der Waals surface area contributed by atoms with E-state index in [0.717, 1.165) is 37.0 Å². The van der Waals surface area contributed by atoms with Gasteiger partial charge in [0, 0.05) is 48.5 Å². The molecule has 1 saturated heterocycles. The number of anilines is 1. The first-order chi connectivity index (χ1) is 16.7. The van der Waals surface area contributed by atoms with E-state index in [9.17, 15) is 17.6 Å². The van der Waals surface area contributed by atoms with E-state index in [4.69, 9.17) is 4.99 Å². The van der Waals surface area contributed by atoms with E-state index in [1.165, 1.54) is 22.6 Å². The molecule has 0 amide bonds. The standard InChI is InChI=1S/C24H22F4N6S/c1-12-7-19(35-32-12)33-10-18-20(17-9-23(17,18)11-33)29-22-30-21-15(3-2-6-34(21)31-22)14-5-4-13(25)8-16(14)24(26,27)28/h4-5,7-8,15,17-18H,2-3,6,9-11H2,1H3/t15?,17-,18-,23?/m0/s1. The highest BCUT2D eigenvalue weighted by Crippen LogP contribution is 2.72. The lowest BCUT2D eigenvalue weighted by Gasteiger charge is -2.30. The molecule has 1 aromatic carbocycles. The molecule has 2 saturated carbocycles. The number of aryl methyl sites for hydroxylation is 2. The number of nitrogens with zero attached hydrogens (tertiary/aromatic N) is 6. The average molecular weight is 503 g/mol. The number of hydrogen-bond acceptors (Lipinski definition) is 6. The van der Waals surface area contributed by atoms with Crippen molar-refractivity contribution in [3.8, 4) is 0 Å². The van der Waals surface area contributed by atoms with Gasteiger partial charge in [-0.2, -0.15) is 22.5 Å². The van der Waals surface area contributed by atoms with E-state index >= 15 is 0 Å². The Labute approximate surface area is 202 Å². The number of aliphatic imine (C=N–C) groups is 1. The molecule has 4 heterocycles. The molecule has 2 unspecified atom stereocenters. The quantitative estimate of drug-likeness (QED) is 0.453. The van der Waals surface area contributed by atoms with E-state index in [1.807, 2.05) is 6.92 Å². The second-order valence-corrected chi connectivity index (χ2v) is 11.0. The van der Waals surface area contributed by atoms with Crippen LogP contribution in [0.4, 0.5) is 28.5 Å². The molecule has 2 aliphatic heterocycles. The van der Waals surface area contributed by atoms with Gasteiger partial charge in [-0.1, -0.05) is 6.07 Å². The topological polar surface area (TPSA) is 59.2 Å². The number of rotatable bonds is 3. The van der Waals surface area contributed by atoms with Gasteiger partial charge in [-0.25, -0.2) is 14.1 Å². The minimum atomic E-state index is -4.64. The lowest BCUT2D eigenvalue weighted by Crippen LogP contribution is -2.38. The molecule has 4 atom stereocenters. The zero-order chi connectivity index (χ0) is 24.1. The molecule has 0 radical (unpaired) electrons. The summed E-state index contributed by atoms with van der Waals surface area (Å²) in [6, 6.07) is 5.01. The van der Waals surface area contributed by atoms with Crippen LogP contribution in [-0.4, -0.2) is 37.9 Å². The lowest BCUT2D eigenvalue weighted by atomic mass is 9.74. The molecule has 35 heavy (non-hydrogen) atoms. The third-order valence-corrected chi connectivity index (χ3v) is 9.07. The fourth-order valence-electron chi connectivity index (χ4n) is 6.44. The van der Waals surface area contributed by atoms with Gasteiger partial charge in [0.2, 0.25) is 0 Å². The Bertz CT molecular complexity index is 1380. The molecule has 11 heteroatoms. The van der Waals surface area contributed by atoms with Crippen LogP contribution >= 0.6 is 11.5 Å². The van der Waals surface area contributed by atoms with Gasteiger partial charge in [-0.3, -0.25) is 0 Å². The van der Waals surface area contributed by atoms with Gasteiger partial charge in [0.15, 0.2) is 0 Å². The van der Waals surface area contributed by atoms with Crippen molar-refractivity contribution >= 4 is 28.2 Å². The van der Waals surface area contributed by atoms with Crippen LogP contribution in [0.15, 0.2) is 29.3 Å². The summed E-state index contributed by atoms with van der Waals surface area (Å²) in [4.78, 5) is 11.8. The Hall–Kier alpha value is -2.82. The van der Waals surface area contributed by atoms with Crippen molar-refractivity contribution < 1.29 is 17.6 Å². The maximum Gasteiger partial charge on any atom is 0.416 e. The van der Waals surface area contributed by atoms with Crippen molar-refractivity contribution in [2.24, 2.45) is 22.2 Å². The van der Waals surface area contributed by atoms with Crippen LogP contribution in [0.3, 0.4) is 0 Å². The number of aromatic nitrogens is 4. The molecule has 3 fully saturated rings. The van der Waals surface area contributed by atoms with Crippen LogP contribution in [0.1, 0.15) is 47.8 Å². The van der Waals surface area contributed by atoms with E-state index in [-0.39, 0.29) is 5.56 Å². The molecule has 2 aromatic heterocycles. The lowest BCUT2D eigenvalue weighted by molar-refractivity contribution is -0.138. The summed E-state index contributed by atoms with van der Waals surface area (Å²) in [5, 5.41) is 5.73. The highest BCUT2D eigenvalue weighted by atomic mass is 32.1. The molecule has 182 valence electrons.